The molecular formula is C12H17N3O5. The monoisotopic (exact) mass is 283 g/mol. The summed E-state index contributed by atoms with van der Waals surface area (Å²) in [6.07, 6.45) is 1.35. The lowest BCUT2D eigenvalue weighted by Gasteiger charge is -2.19. The molecule has 1 aromatic heterocycles. The van der Waals surface area contributed by atoms with Crippen LogP contribution in [-0.4, -0.2) is 38.1 Å². The summed E-state index contributed by atoms with van der Waals surface area (Å²) in [5, 5.41) is 8.79. The van der Waals surface area contributed by atoms with E-state index in [1.54, 1.807) is 0 Å². The molecule has 1 atom stereocenters. The largest absolute Gasteiger partial charge is 0.481 e. The zero-order valence-electron chi connectivity index (χ0n) is 11.8. The van der Waals surface area contributed by atoms with Gasteiger partial charge in [0.1, 0.15) is 5.92 Å². The summed E-state index contributed by atoms with van der Waals surface area (Å²) in [6.45, 7) is 1.22. The van der Waals surface area contributed by atoms with Crippen LogP contribution in [0.2, 0.25) is 0 Å². The molecule has 1 unspecified atom stereocenters. The predicted octanol–water partition coefficient (Wildman–Crippen LogP) is -1.24. The van der Waals surface area contributed by atoms with E-state index in [9.17, 15) is 19.2 Å². The van der Waals surface area contributed by atoms with Gasteiger partial charge >= 0.3 is 11.7 Å². The zero-order valence-corrected chi connectivity index (χ0v) is 11.8. The second-order valence-electron chi connectivity index (χ2n) is 4.67. The number of hydrogen-bond donors (Lipinski definition) is 1. The first-order valence-corrected chi connectivity index (χ1v) is 5.90. The van der Waals surface area contributed by atoms with Crippen LogP contribution in [0.25, 0.3) is 0 Å². The van der Waals surface area contributed by atoms with E-state index in [1.807, 2.05) is 0 Å². The van der Waals surface area contributed by atoms with Crippen LogP contribution in [0, 0.1) is 5.92 Å². The van der Waals surface area contributed by atoms with Crippen LogP contribution in [0.5, 0.6) is 0 Å². The minimum atomic E-state index is -1.23. The van der Waals surface area contributed by atoms with Crippen molar-refractivity contribution in [1.29, 1.82) is 0 Å². The second-order valence-corrected chi connectivity index (χ2v) is 4.67. The molecule has 8 nitrogen and oxygen atoms in total. The van der Waals surface area contributed by atoms with Crippen molar-refractivity contribution in [3.8, 4) is 0 Å². The summed E-state index contributed by atoms with van der Waals surface area (Å²) < 4.78 is 2.17. The molecule has 0 aliphatic rings. The normalized spacial score (nSPS) is 12.0. The van der Waals surface area contributed by atoms with Crippen molar-refractivity contribution >= 4 is 11.9 Å². The van der Waals surface area contributed by atoms with Gasteiger partial charge in [0.25, 0.3) is 5.56 Å². The van der Waals surface area contributed by atoms with Gasteiger partial charge in [0.05, 0.1) is 12.1 Å². The van der Waals surface area contributed by atoms with Crippen LogP contribution in [-0.2, 0) is 30.2 Å². The number of aryl methyl sites for hydroxylation is 1. The van der Waals surface area contributed by atoms with E-state index < -0.39 is 29.0 Å². The Labute approximate surface area is 114 Å². The fourth-order valence-electron chi connectivity index (χ4n) is 1.76. The van der Waals surface area contributed by atoms with Gasteiger partial charge in [-0.2, -0.15) is 0 Å². The number of rotatable bonds is 4. The van der Waals surface area contributed by atoms with Gasteiger partial charge in [-0.05, 0) is 6.92 Å². The van der Waals surface area contributed by atoms with E-state index in [-0.39, 0.29) is 12.1 Å². The highest BCUT2D eigenvalue weighted by molar-refractivity contribution is 5.96. The molecule has 0 saturated heterocycles. The average molecular weight is 283 g/mol. The standard InChI is InChI=1S/C12H17N3O5/c1-7(11(18)19)9(16)13(2)5-8-6-14(3)12(20)15(4)10(8)17/h6-7H,5H2,1-4H3,(H,18,19). The first kappa shape index (κ1) is 15.7. The van der Waals surface area contributed by atoms with Crippen LogP contribution in [0.1, 0.15) is 12.5 Å². The second kappa shape index (κ2) is 5.72. The third-order valence-electron chi connectivity index (χ3n) is 3.04. The van der Waals surface area contributed by atoms with E-state index in [2.05, 4.69) is 0 Å². The van der Waals surface area contributed by atoms with Crippen LogP contribution >= 0.6 is 0 Å². The molecule has 20 heavy (non-hydrogen) atoms. The molecule has 0 fully saturated rings. The number of carboxylic acid groups (broad SMARTS) is 1. The molecule has 0 aliphatic heterocycles. The molecule has 1 aromatic rings. The Hall–Kier alpha value is -2.38. The summed E-state index contributed by atoms with van der Waals surface area (Å²) in [7, 11) is 4.25. The molecule has 0 aliphatic carbocycles. The van der Waals surface area contributed by atoms with Gasteiger partial charge in [0.2, 0.25) is 5.91 Å². The van der Waals surface area contributed by atoms with Gasteiger partial charge in [0, 0.05) is 27.3 Å². The quantitative estimate of drug-likeness (QED) is 0.697. The first-order valence-electron chi connectivity index (χ1n) is 5.90. The van der Waals surface area contributed by atoms with E-state index in [0.717, 1.165) is 9.47 Å². The molecule has 110 valence electrons. The van der Waals surface area contributed by atoms with Crippen molar-refractivity contribution in [3.05, 3.63) is 32.6 Å². The summed E-state index contributed by atoms with van der Waals surface area (Å²) >= 11 is 0. The maximum absolute atomic E-state index is 11.9. The first-order chi connectivity index (χ1) is 9.16. The third kappa shape index (κ3) is 2.95. The van der Waals surface area contributed by atoms with Crippen molar-refractivity contribution in [2.24, 2.45) is 20.0 Å². The molecule has 0 bridgehead atoms. The van der Waals surface area contributed by atoms with Gasteiger partial charge < -0.3 is 14.6 Å². The fraction of sp³-hybridized carbons (Fsp3) is 0.500. The van der Waals surface area contributed by atoms with E-state index in [4.69, 9.17) is 5.11 Å². The van der Waals surface area contributed by atoms with Gasteiger partial charge in [-0.3, -0.25) is 19.0 Å². The lowest BCUT2D eigenvalue weighted by Crippen LogP contribution is -2.41. The number of aliphatic carboxylic acids is 1. The summed E-state index contributed by atoms with van der Waals surface area (Å²) in [6, 6.07) is 0. The SMILES string of the molecule is CC(C(=O)O)C(=O)N(C)Cc1cn(C)c(=O)n(C)c1=O. The molecule has 0 spiro atoms. The average Bonchev–Trinajstić information content (AvgIpc) is 2.40. The minimum Gasteiger partial charge on any atom is -0.481 e. The lowest BCUT2D eigenvalue weighted by atomic mass is 10.1. The summed E-state index contributed by atoms with van der Waals surface area (Å²) in [4.78, 5) is 47.1. The predicted molar refractivity (Wildman–Crippen MR) is 70.2 cm³/mol. The number of amides is 1. The van der Waals surface area contributed by atoms with E-state index in [1.165, 1.54) is 38.8 Å². The lowest BCUT2D eigenvalue weighted by molar-refractivity contribution is -0.149. The van der Waals surface area contributed by atoms with E-state index >= 15 is 0 Å². The van der Waals surface area contributed by atoms with Crippen molar-refractivity contribution < 1.29 is 14.7 Å². The summed E-state index contributed by atoms with van der Waals surface area (Å²) in [5.41, 5.74) is -0.731. The summed E-state index contributed by atoms with van der Waals surface area (Å²) in [5.74, 6) is -3.01. The van der Waals surface area contributed by atoms with Crippen molar-refractivity contribution in [2.45, 2.75) is 13.5 Å². The number of carboxylic acids is 1. The Bertz CT molecular complexity index is 658. The van der Waals surface area contributed by atoms with Crippen LogP contribution in [0.4, 0.5) is 0 Å². The van der Waals surface area contributed by atoms with Crippen molar-refractivity contribution in [3.63, 3.8) is 0 Å². The van der Waals surface area contributed by atoms with Crippen LogP contribution in [0.15, 0.2) is 15.8 Å². The Balaban J connectivity index is 3.06. The molecule has 8 heteroatoms. The number of carbonyl (C=O) groups is 2. The van der Waals surface area contributed by atoms with Crippen LogP contribution in [0.3, 0.4) is 0 Å². The Kier molecular flexibility index (Phi) is 4.49. The number of hydrogen-bond acceptors (Lipinski definition) is 4. The van der Waals surface area contributed by atoms with Gasteiger partial charge in [-0.15, -0.1) is 0 Å². The highest BCUT2D eigenvalue weighted by Gasteiger charge is 2.24. The Morgan fingerprint density at radius 2 is 1.90 bits per heavy atom. The molecule has 0 radical (unpaired) electrons. The molecule has 1 heterocycles. The van der Waals surface area contributed by atoms with Crippen LogP contribution < -0.4 is 11.2 Å². The van der Waals surface area contributed by atoms with Crippen molar-refractivity contribution in [2.75, 3.05) is 7.05 Å². The Morgan fingerprint density at radius 3 is 2.40 bits per heavy atom. The van der Waals surface area contributed by atoms with Gasteiger partial charge in [-0.25, -0.2) is 4.79 Å². The molecule has 0 saturated carbocycles. The zero-order chi connectivity index (χ0) is 15.6. The number of nitrogens with zero attached hydrogens (tertiary/aromatic N) is 3. The fourth-order valence-corrected chi connectivity index (χ4v) is 1.76. The highest BCUT2D eigenvalue weighted by Crippen LogP contribution is 2.04. The minimum absolute atomic E-state index is 0.0583. The Morgan fingerprint density at radius 1 is 1.35 bits per heavy atom. The smallest absolute Gasteiger partial charge is 0.330 e. The molecule has 0 aromatic carbocycles. The van der Waals surface area contributed by atoms with Gasteiger partial charge in [-0.1, -0.05) is 0 Å². The van der Waals surface area contributed by atoms with Gasteiger partial charge in [0.15, 0.2) is 0 Å². The molecule has 1 N–H and O–H groups in total. The third-order valence-corrected chi connectivity index (χ3v) is 3.04. The molecular weight excluding hydrogens is 266 g/mol. The molecule has 1 rings (SSSR count). The van der Waals surface area contributed by atoms with E-state index in [0.29, 0.717) is 0 Å². The maximum atomic E-state index is 11.9. The van der Waals surface area contributed by atoms with Crippen molar-refractivity contribution in [1.82, 2.24) is 14.0 Å². The number of aromatic nitrogens is 2. The number of carbonyl (C=O) groups excluding carboxylic acids is 1. The maximum Gasteiger partial charge on any atom is 0.330 e. The molecule has 1 amide bonds. The topological polar surface area (TPSA) is 102 Å². The highest BCUT2D eigenvalue weighted by atomic mass is 16.4.